The topological polar surface area (TPSA) is 106 Å². The van der Waals surface area contributed by atoms with Crippen molar-refractivity contribution < 1.29 is 23.9 Å². The average molecular weight is 516 g/mol. The second-order valence-corrected chi connectivity index (χ2v) is 8.09. The monoisotopic (exact) mass is 515 g/mol. The number of ether oxygens (including phenoxy) is 2. The number of hydrogen-bond acceptors (Lipinski definition) is 6. The van der Waals surface area contributed by atoms with Crippen LogP contribution in [0.4, 0.5) is 5.69 Å². The highest BCUT2D eigenvalue weighted by Crippen LogP contribution is 2.28. The minimum atomic E-state index is -0.972. The van der Waals surface area contributed by atoms with E-state index in [9.17, 15) is 14.4 Å². The fourth-order valence-electron chi connectivity index (χ4n) is 3.47. The fraction of sp³-hybridized carbons (Fsp3) is 0.0714. The van der Waals surface area contributed by atoms with E-state index in [1.807, 2.05) is 31.2 Å². The summed E-state index contributed by atoms with van der Waals surface area (Å²) in [7, 11) is 0. The Morgan fingerprint density at radius 1 is 0.892 bits per heavy atom. The molecule has 2 N–H and O–H groups in total. The van der Waals surface area contributed by atoms with Crippen LogP contribution in [0.3, 0.4) is 0 Å². The van der Waals surface area contributed by atoms with E-state index in [1.165, 1.54) is 6.21 Å². The van der Waals surface area contributed by atoms with Crippen molar-refractivity contribution in [2.75, 3.05) is 11.9 Å². The molecule has 2 amide bonds. The van der Waals surface area contributed by atoms with Gasteiger partial charge in [-0.05, 0) is 60.2 Å². The van der Waals surface area contributed by atoms with Crippen LogP contribution >= 0.6 is 11.6 Å². The van der Waals surface area contributed by atoms with Crippen molar-refractivity contribution in [2.45, 2.75) is 6.92 Å². The molecule has 0 unspecified atom stereocenters. The summed E-state index contributed by atoms with van der Waals surface area (Å²) in [4.78, 5) is 37.3. The van der Waals surface area contributed by atoms with Crippen LogP contribution in [-0.2, 0) is 9.59 Å². The number of nitrogens with zero attached hydrogens (tertiary/aromatic N) is 1. The number of esters is 1. The summed E-state index contributed by atoms with van der Waals surface area (Å²) >= 11 is 6.13. The molecule has 0 aliphatic carbocycles. The van der Waals surface area contributed by atoms with E-state index in [2.05, 4.69) is 15.8 Å². The number of amides is 2. The molecular formula is C28H22ClN3O5. The van der Waals surface area contributed by atoms with E-state index in [1.54, 1.807) is 60.7 Å². The molecular weight excluding hydrogens is 494 g/mol. The maximum Gasteiger partial charge on any atom is 0.345 e. The lowest BCUT2D eigenvalue weighted by Crippen LogP contribution is -2.32. The molecule has 0 aliphatic rings. The summed E-state index contributed by atoms with van der Waals surface area (Å²) in [5.41, 5.74) is 3.27. The number of anilines is 1. The molecule has 9 heteroatoms. The van der Waals surface area contributed by atoms with Crippen molar-refractivity contribution in [2.24, 2.45) is 5.10 Å². The average Bonchev–Trinajstić information content (AvgIpc) is 2.91. The number of fused-ring (bicyclic) bond motifs is 1. The van der Waals surface area contributed by atoms with Crippen LogP contribution in [0.25, 0.3) is 10.8 Å². The number of carbonyl (C=O) groups is 3. The van der Waals surface area contributed by atoms with Crippen molar-refractivity contribution in [1.82, 2.24) is 5.43 Å². The normalized spacial score (nSPS) is 10.8. The molecule has 0 atom stereocenters. The van der Waals surface area contributed by atoms with Gasteiger partial charge in [0.25, 0.3) is 0 Å². The highest BCUT2D eigenvalue weighted by Gasteiger charge is 2.17. The van der Waals surface area contributed by atoms with Gasteiger partial charge in [0.1, 0.15) is 11.5 Å². The first kappa shape index (κ1) is 25.4. The van der Waals surface area contributed by atoms with Crippen molar-refractivity contribution in [3.63, 3.8) is 0 Å². The number of hydrazone groups is 1. The predicted octanol–water partition coefficient (Wildman–Crippen LogP) is 5.20. The Morgan fingerprint density at radius 2 is 1.62 bits per heavy atom. The molecule has 4 aromatic carbocycles. The molecule has 0 radical (unpaired) electrons. The van der Waals surface area contributed by atoms with Gasteiger partial charge in [0, 0.05) is 11.3 Å². The Kier molecular flexibility index (Phi) is 8.12. The third-order valence-electron chi connectivity index (χ3n) is 5.22. The summed E-state index contributed by atoms with van der Waals surface area (Å²) in [6.07, 6.45) is 1.32. The van der Waals surface area contributed by atoms with E-state index in [0.29, 0.717) is 23.6 Å². The minimum Gasteiger partial charge on any atom is -0.494 e. The zero-order valence-electron chi connectivity index (χ0n) is 19.7. The van der Waals surface area contributed by atoms with Gasteiger partial charge in [0.2, 0.25) is 0 Å². The van der Waals surface area contributed by atoms with Crippen LogP contribution in [-0.4, -0.2) is 30.6 Å². The highest BCUT2D eigenvalue weighted by molar-refractivity contribution is 6.39. The van der Waals surface area contributed by atoms with Gasteiger partial charge >= 0.3 is 17.8 Å². The molecule has 8 nitrogen and oxygen atoms in total. The maximum absolute atomic E-state index is 12.7. The lowest BCUT2D eigenvalue weighted by molar-refractivity contribution is -0.136. The number of rotatable bonds is 7. The van der Waals surface area contributed by atoms with Crippen LogP contribution in [0.15, 0.2) is 90.0 Å². The van der Waals surface area contributed by atoms with Crippen LogP contribution in [0.2, 0.25) is 5.02 Å². The van der Waals surface area contributed by atoms with E-state index in [0.717, 1.165) is 10.8 Å². The minimum absolute atomic E-state index is 0.208. The summed E-state index contributed by atoms with van der Waals surface area (Å²) in [6, 6.07) is 24.0. The molecule has 0 spiro atoms. The van der Waals surface area contributed by atoms with Crippen LogP contribution < -0.4 is 20.2 Å². The molecule has 0 saturated heterocycles. The van der Waals surface area contributed by atoms with Crippen LogP contribution in [0.5, 0.6) is 11.5 Å². The van der Waals surface area contributed by atoms with E-state index in [4.69, 9.17) is 21.1 Å². The number of carbonyl (C=O) groups excluding carboxylic acids is 3. The van der Waals surface area contributed by atoms with Gasteiger partial charge < -0.3 is 14.8 Å². The molecule has 0 aliphatic heterocycles. The van der Waals surface area contributed by atoms with Crippen molar-refractivity contribution in [3.05, 3.63) is 101 Å². The Morgan fingerprint density at radius 3 is 2.38 bits per heavy atom. The zero-order chi connectivity index (χ0) is 26.2. The molecule has 0 bridgehead atoms. The number of benzene rings is 4. The third kappa shape index (κ3) is 6.31. The van der Waals surface area contributed by atoms with Crippen molar-refractivity contribution in [1.29, 1.82) is 0 Å². The molecule has 4 rings (SSSR count). The van der Waals surface area contributed by atoms with Crippen LogP contribution in [0, 0.1) is 0 Å². The van der Waals surface area contributed by atoms with E-state index in [-0.39, 0.29) is 16.3 Å². The number of halogens is 1. The quantitative estimate of drug-likeness (QED) is 0.116. The Labute approximate surface area is 217 Å². The van der Waals surface area contributed by atoms with Crippen LogP contribution in [0.1, 0.15) is 22.8 Å². The first-order chi connectivity index (χ1) is 18.0. The SMILES string of the molecule is CCOc1ccc(NC(=O)C(=O)NN=Cc2c(OC(=O)c3ccccc3Cl)ccc3ccccc23)cc1. The lowest BCUT2D eigenvalue weighted by Gasteiger charge is -2.11. The Hall–Kier alpha value is -4.69. The second-order valence-electron chi connectivity index (χ2n) is 7.68. The molecule has 4 aromatic rings. The van der Waals surface area contributed by atoms with Gasteiger partial charge in [0.15, 0.2) is 0 Å². The van der Waals surface area contributed by atoms with Crippen molar-refractivity contribution in [3.8, 4) is 11.5 Å². The molecule has 37 heavy (non-hydrogen) atoms. The molecule has 186 valence electrons. The van der Waals surface area contributed by atoms with Gasteiger partial charge in [-0.3, -0.25) is 9.59 Å². The number of hydrogen-bond donors (Lipinski definition) is 2. The van der Waals surface area contributed by atoms with Gasteiger partial charge in [0.05, 0.1) is 23.4 Å². The predicted molar refractivity (Wildman–Crippen MR) is 142 cm³/mol. The third-order valence-corrected chi connectivity index (χ3v) is 5.55. The molecule has 0 saturated carbocycles. The summed E-state index contributed by atoms with van der Waals surface area (Å²) in [5, 5.41) is 8.26. The van der Waals surface area contributed by atoms with Gasteiger partial charge in [-0.2, -0.15) is 5.10 Å². The first-order valence-electron chi connectivity index (χ1n) is 11.3. The summed E-state index contributed by atoms with van der Waals surface area (Å²) in [5.74, 6) is -1.66. The first-order valence-corrected chi connectivity index (χ1v) is 11.7. The van der Waals surface area contributed by atoms with Gasteiger partial charge in [-0.25, -0.2) is 10.2 Å². The van der Waals surface area contributed by atoms with Gasteiger partial charge in [-0.1, -0.05) is 54.1 Å². The maximum atomic E-state index is 12.7. The standard InChI is InChI=1S/C28H22ClN3O5/c1-2-36-20-14-12-19(13-15-20)31-26(33)27(34)32-30-17-23-21-8-4-3-7-18(21)11-16-25(23)37-28(35)22-9-5-6-10-24(22)29/h3-17H,2H2,1H3,(H,31,33)(H,32,34). The molecule has 0 fully saturated rings. The molecule has 0 aromatic heterocycles. The highest BCUT2D eigenvalue weighted by atomic mass is 35.5. The smallest absolute Gasteiger partial charge is 0.345 e. The van der Waals surface area contributed by atoms with E-state index >= 15 is 0 Å². The largest absolute Gasteiger partial charge is 0.494 e. The lowest BCUT2D eigenvalue weighted by atomic mass is 10.0. The zero-order valence-corrected chi connectivity index (χ0v) is 20.5. The van der Waals surface area contributed by atoms with Gasteiger partial charge in [-0.15, -0.1) is 0 Å². The molecule has 0 heterocycles. The fourth-order valence-corrected chi connectivity index (χ4v) is 3.69. The van der Waals surface area contributed by atoms with Crippen molar-refractivity contribution >= 4 is 52.1 Å². The second kappa shape index (κ2) is 11.8. The summed E-state index contributed by atoms with van der Waals surface area (Å²) in [6.45, 7) is 2.38. The number of nitrogens with one attached hydrogen (secondary N) is 2. The van der Waals surface area contributed by atoms with E-state index < -0.39 is 17.8 Å². The Balaban J connectivity index is 1.50. The Bertz CT molecular complexity index is 1490. The summed E-state index contributed by atoms with van der Waals surface area (Å²) < 4.78 is 11.0.